The van der Waals surface area contributed by atoms with Crippen molar-refractivity contribution in [2.24, 2.45) is 0 Å². The Balaban J connectivity index is 1.91. The van der Waals surface area contributed by atoms with Crippen molar-refractivity contribution in [1.29, 1.82) is 0 Å². The third-order valence-corrected chi connectivity index (χ3v) is 3.35. The molecule has 0 saturated carbocycles. The minimum atomic E-state index is -4.40. The molecular formula is C17H15F5N2O. The lowest BCUT2D eigenvalue weighted by Gasteiger charge is -2.17. The number of nitrogens with one attached hydrogen (secondary N) is 1. The number of anilines is 1. The Bertz CT molecular complexity index is 744. The number of halogens is 5. The van der Waals surface area contributed by atoms with Crippen molar-refractivity contribution < 1.29 is 26.7 Å². The van der Waals surface area contributed by atoms with Gasteiger partial charge in [0.15, 0.2) is 0 Å². The second kappa shape index (κ2) is 7.60. The van der Waals surface area contributed by atoms with Crippen molar-refractivity contribution in [3.63, 3.8) is 0 Å². The first-order valence-corrected chi connectivity index (χ1v) is 7.25. The number of hydrogen-bond donors (Lipinski definition) is 1. The highest BCUT2D eigenvalue weighted by Gasteiger charge is 2.29. The molecule has 0 aliphatic carbocycles. The van der Waals surface area contributed by atoms with Gasteiger partial charge in [0.1, 0.15) is 11.6 Å². The molecule has 0 fully saturated rings. The molecule has 0 heterocycles. The molecule has 0 aromatic heterocycles. The Morgan fingerprint density at radius 1 is 1.08 bits per heavy atom. The fourth-order valence-electron chi connectivity index (χ4n) is 2.19. The lowest BCUT2D eigenvalue weighted by Crippen LogP contribution is -2.30. The van der Waals surface area contributed by atoms with E-state index < -0.39 is 29.3 Å². The highest BCUT2D eigenvalue weighted by Crippen LogP contribution is 2.29. The molecule has 0 aliphatic heterocycles. The predicted molar refractivity (Wildman–Crippen MR) is 82.8 cm³/mol. The van der Waals surface area contributed by atoms with Gasteiger partial charge in [-0.15, -0.1) is 0 Å². The molecular weight excluding hydrogens is 343 g/mol. The second-order valence-electron chi connectivity index (χ2n) is 5.54. The van der Waals surface area contributed by atoms with Gasteiger partial charge in [0.05, 0.1) is 17.8 Å². The molecule has 0 aliphatic rings. The highest BCUT2D eigenvalue weighted by atomic mass is 19.4. The van der Waals surface area contributed by atoms with Crippen LogP contribution in [0.2, 0.25) is 0 Å². The first kappa shape index (κ1) is 18.9. The summed E-state index contributed by atoms with van der Waals surface area (Å²) in [7, 11) is 1.60. The van der Waals surface area contributed by atoms with Gasteiger partial charge in [-0.05, 0) is 36.9 Å². The lowest BCUT2D eigenvalue weighted by molar-refractivity contribution is -0.137. The van der Waals surface area contributed by atoms with Crippen molar-refractivity contribution in [1.82, 2.24) is 4.90 Å². The number of carbonyl (C=O) groups excluding carboxylic acids is 1. The first-order valence-electron chi connectivity index (χ1n) is 7.25. The fraction of sp³-hybridized carbons (Fsp3) is 0.235. The van der Waals surface area contributed by atoms with Crippen molar-refractivity contribution >= 4 is 11.6 Å². The SMILES string of the molecule is CN(CC(=O)Nc1ccc(F)cc1F)Cc1ccc(C(F)(F)F)cc1. The average molecular weight is 358 g/mol. The summed E-state index contributed by atoms with van der Waals surface area (Å²) in [6.45, 7) is 0.120. The monoisotopic (exact) mass is 358 g/mol. The van der Waals surface area contributed by atoms with Gasteiger partial charge in [-0.25, -0.2) is 8.78 Å². The van der Waals surface area contributed by atoms with Crippen LogP contribution in [0.25, 0.3) is 0 Å². The standard InChI is InChI=1S/C17H15F5N2O/c1-24(9-11-2-4-12(5-3-11)17(20,21)22)10-16(25)23-15-7-6-13(18)8-14(15)19/h2-8H,9-10H2,1H3,(H,23,25). The van der Waals surface area contributed by atoms with Crippen molar-refractivity contribution in [3.8, 4) is 0 Å². The number of alkyl halides is 3. The average Bonchev–Trinajstić information content (AvgIpc) is 2.49. The van der Waals surface area contributed by atoms with Gasteiger partial charge in [-0.2, -0.15) is 13.2 Å². The molecule has 2 rings (SSSR count). The van der Waals surface area contributed by atoms with Crippen molar-refractivity contribution in [3.05, 3.63) is 65.2 Å². The maximum atomic E-state index is 13.5. The van der Waals surface area contributed by atoms with Crippen LogP contribution in [0.1, 0.15) is 11.1 Å². The normalized spacial score (nSPS) is 11.6. The Kier molecular flexibility index (Phi) is 5.73. The zero-order chi connectivity index (χ0) is 18.6. The van der Waals surface area contributed by atoms with Crippen LogP contribution in [0.3, 0.4) is 0 Å². The molecule has 0 spiro atoms. The molecule has 1 amide bonds. The Morgan fingerprint density at radius 2 is 1.72 bits per heavy atom. The molecule has 0 unspecified atom stereocenters. The van der Waals surface area contributed by atoms with E-state index in [1.165, 1.54) is 12.1 Å². The zero-order valence-electron chi connectivity index (χ0n) is 13.2. The van der Waals surface area contributed by atoms with Gasteiger partial charge in [0.25, 0.3) is 0 Å². The van der Waals surface area contributed by atoms with Crippen LogP contribution in [0, 0.1) is 11.6 Å². The quantitative estimate of drug-likeness (QED) is 0.818. The predicted octanol–water partition coefficient (Wildman–Crippen LogP) is 4.05. The summed E-state index contributed by atoms with van der Waals surface area (Å²) >= 11 is 0. The third-order valence-electron chi connectivity index (χ3n) is 3.35. The van der Waals surface area contributed by atoms with Crippen molar-refractivity contribution in [2.75, 3.05) is 18.9 Å². The number of benzene rings is 2. The van der Waals surface area contributed by atoms with E-state index in [-0.39, 0.29) is 18.8 Å². The Morgan fingerprint density at radius 3 is 2.28 bits per heavy atom. The van der Waals surface area contributed by atoms with E-state index in [1.54, 1.807) is 11.9 Å². The molecule has 1 N–H and O–H groups in total. The largest absolute Gasteiger partial charge is 0.416 e. The lowest BCUT2D eigenvalue weighted by atomic mass is 10.1. The number of amides is 1. The van der Waals surface area contributed by atoms with Crippen LogP contribution < -0.4 is 5.32 Å². The summed E-state index contributed by atoms with van der Waals surface area (Å²) < 4.78 is 63.8. The number of carbonyl (C=O) groups is 1. The summed E-state index contributed by atoms with van der Waals surface area (Å²) in [5, 5.41) is 2.31. The number of hydrogen-bond acceptors (Lipinski definition) is 2. The molecule has 2 aromatic rings. The van der Waals surface area contributed by atoms with Gasteiger partial charge in [-0.1, -0.05) is 12.1 Å². The molecule has 0 bridgehead atoms. The number of nitrogens with zero attached hydrogens (tertiary/aromatic N) is 1. The van der Waals surface area contributed by atoms with Crippen LogP contribution in [-0.4, -0.2) is 24.4 Å². The maximum Gasteiger partial charge on any atom is 0.416 e. The summed E-state index contributed by atoms with van der Waals surface area (Å²) in [6.07, 6.45) is -4.40. The maximum absolute atomic E-state index is 13.5. The summed E-state index contributed by atoms with van der Waals surface area (Å²) in [4.78, 5) is 13.4. The van der Waals surface area contributed by atoms with Gasteiger partial charge in [0, 0.05) is 12.6 Å². The molecule has 25 heavy (non-hydrogen) atoms. The molecule has 0 radical (unpaired) electrons. The van der Waals surface area contributed by atoms with Gasteiger partial charge < -0.3 is 5.32 Å². The molecule has 134 valence electrons. The third kappa shape index (κ3) is 5.53. The Labute approximate surface area is 141 Å². The fourth-order valence-corrected chi connectivity index (χ4v) is 2.19. The molecule has 0 atom stereocenters. The second-order valence-corrected chi connectivity index (χ2v) is 5.54. The zero-order valence-corrected chi connectivity index (χ0v) is 13.2. The van der Waals surface area contributed by atoms with Crippen LogP contribution in [0.4, 0.5) is 27.6 Å². The van der Waals surface area contributed by atoms with Gasteiger partial charge >= 0.3 is 6.18 Å². The smallest absolute Gasteiger partial charge is 0.322 e. The van der Waals surface area contributed by atoms with E-state index >= 15 is 0 Å². The van der Waals surface area contributed by atoms with E-state index in [4.69, 9.17) is 0 Å². The van der Waals surface area contributed by atoms with Crippen LogP contribution in [0.15, 0.2) is 42.5 Å². The highest BCUT2D eigenvalue weighted by molar-refractivity contribution is 5.92. The van der Waals surface area contributed by atoms with Crippen LogP contribution >= 0.6 is 0 Å². The molecule has 3 nitrogen and oxygen atoms in total. The first-order chi connectivity index (χ1) is 11.6. The van der Waals surface area contributed by atoms with E-state index in [0.29, 0.717) is 11.6 Å². The van der Waals surface area contributed by atoms with Crippen LogP contribution in [-0.2, 0) is 17.5 Å². The summed E-state index contributed by atoms with van der Waals surface area (Å²) in [5.74, 6) is -2.17. The summed E-state index contributed by atoms with van der Waals surface area (Å²) in [5.41, 5.74) is -0.297. The molecule has 0 saturated heterocycles. The topological polar surface area (TPSA) is 32.3 Å². The summed E-state index contributed by atoms with van der Waals surface area (Å²) in [6, 6.07) is 7.38. The van der Waals surface area contributed by atoms with Crippen LogP contribution in [0.5, 0.6) is 0 Å². The molecule has 8 heteroatoms. The van der Waals surface area contributed by atoms with Gasteiger partial charge in [-0.3, -0.25) is 9.69 Å². The molecule has 2 aromatic carbocycles. The van der Waals surface area contributed by atoms with Gasteiger partial charge in [0.2, 0.25) is 5.91 Å². The minimum absolute atomic E-state index is 0.113. The number of likely N-dealkylation sites (N-methyl/N-ethyl adjacent to an activating group) is 1. The number of rotatable bonds is 5. The van der Waals surface area contributed by atoms with Crippen molar-refractivity contribution in [2.45, 2.75) is 12.7 Å². The van der Waals surface area contributed by atoms with E-state index in [1.807, 2.05) is 0 Å². The van der Waals surface area contributed by atoms with E-state index in [9.17, 15) is 26.7 Å². The van der Waals surface area contributed by atoms with E-state index in [2.05, 4.69) is 5.32 Å². The Hall–Kier alpha value is -2.48. The van der Waals surface area contributed by atoms with E-state index in [0.717, 1.165) is 24.3 Å². The minimum Gasteiger partial charge on any atom is -0.322 e.